The van der Waals surface area contributed by atoms with Crippen molar-refractivity contribution in [1.29, 1.82) is 0 Å². The highest BCUT2D eigenvalue weighted by molar-refractivity contribution is 5.75. The summed E-state index contributed by atoms with van der Waals surface area (Å²) >= 11 is 0. The molecule has 0 atom stereocenters. The Balaban J connectivity index is 1.36. The predicted octanol–water partition coefficient (Wildman–Crippen LogP) is 2.54. The lowest BCUT2D eigenvalue weighted by atomic mass is 10.1. The van der Waals surface area contributed by atoms with Crippen LogP contribution in [0.3, 0.4) is 0 Å². The number of hydrogen-bond donors (Lipinski definition) is 1. The van der Waals surface area contributed by atoms with Crippen LogP contribution in [0.4, 0.5) is 0 Å². The fourth-order valence-corrected chi connectivity index (χ4v) is 2.80. The monoisotopic (exact) mass is 367 g/mol. The van der Waals surface area contributed by atoms with E-state index < -0.39 is 0 Å². The number of hydrogen-bond acceptors (Lipinski definition) is 5. The van der Waals surface area contributed by atoms with Crippen molar-refractivity contribution < 1.29 is 9.21 Å². The molecule has 7 nitrogen and oxygen atoms in total. The average Bonchev–Trinajstić information content (AvgIpc) is 3.25. The molecule has 7 heteroatoms. The molecule has 0 aliphatic heterocycles. The highest BCUT2D eigenvalue weighted by Gasteiger charge is 2.10. The Labute approximate surface area is 158 Å². The summed E-state index contributed by atoms with van der Waals surface area (Å²) in [7, 11) is 1.88. The van der Waals surface area contributed by atoms with Crippen LogP contribution in [0.5, 0.6) is 0 Å². The van der Waals surface area contributed by atoms with Crippen molar-refractivity contribution in [3.63, 3.8) is 0 Å². The quantitative estimate of drug-likeness (QED) is 0.628. The van der Waals surface area contributed by atoms with Crippen molar-refractivity contribution in [3.8, 4) is 0 Å². The van der Waals surface area contributed by atoms with Crippen LogP contribution in [0, 0.1) is 6.92 Å². The number of amides is 1. The molecule has 142 valence electrons. The van der Waals surface area contributed by atoms with Crippen LogP contribution in [0.1, 0.15) is 41.6 Å². The Hall–Kier alpha value is -2.96. The van der Waals surface area contributed by atoms with Gasteiger partial charge in [0.05, 0.1) is 12.2 Å². The number of carbonyl (C=O) groups excluding carboxylic acids is 1. The number of aromatic nitrogens is 4. The number of rotatable bonds is 9. The molecule has 27 heavy (non-hydrogen) atoms. The van der Waals surface area contributed by atoms with Gasteiger partial charge in [0, 0.05) is 32.0 Å². The maximum Gasteiger partial charge on any atom is 0.220 e. The number of carbonyl (C=O) groups is 1. The summed E-state index contributed by atoms with van der Waals surface area (Å²) in [6.07, 6.45) is 3.44. The molecule has 0 fully saturated rings. The fraction of sp³-hybridized carbons (Fsp3) is 0.400. The molecule has 1 aromatic carbocycles. The lowest BCUT2D eigenvalue weighted by molar-refractivity contribution is -0.121. The number of benzene rings is 1. The van der Waals surface area contributed by atoms with Crippen molar-refractivity contribution in [1.82, 2.24) is 25.3 Å². The van der Waals surface area contributed by atoms with Gasteiger partial charge in [0.15, 0.2) is 0 Å². The lowest BCUT2D eigenvalue weighted by Crippen LogP contribution is -2.23. The van der Waals surface area contributed by atoms with Crippen LogP contribution < -0.4 is 5.32 Å². The molecule has 2 heterocycles. The summed E-state index contributed by atoms with van der Waals surface area (Å²) < 4.78 is 7.43. The van der Waals surface area contributed by atoms with Gasteiger partial charge in [-0.3, -0.25) is 9.48 Å². The third kappa shape index (κ3) is 5.77. The van der Waals surface area contributed by atoms with E-state index in [0.29, 0.717) is 31.2 Å². The highest BCUT2D eigenvalue weighted by atomic mass is 16.4. The third-order valence-electron chi connectivity index (χ3n) is 4.40. The van der Waals surface area contributed by atoms with E-state index in [-0.39, 0.29) is 5.91 Å². The zero-order valence-corrected chi connectivity index (χ0v) is 15.8. The topological polar surface area (TPSA) is 85.8 Å². The van der Waals surface area contributed by atoms with Crippen LogP contribution in [-0.4, -0.2) is 25.9 Å². The average molecular weight is 367 g/mol. The molecule has 0 saturated heterocycles. The number of nitrogens with one attached hydrogen (secondary N) is 1. The Kier molecular flexibility index (Phi) is 6.35. The standard InChI is InChI=1S/C20H25N5O2/c1-15-13-17(24-25(15)2)14-21-18(26)11-12-20-23-22-19(27-20)10-6-9-16-7-4-3-5-8-16/h3-5,7-8,13H,6,9-12,14H2,1-2H3,(H,21,26). The maximum atomic E-state index is 12.0. The predicted molar refractivity (Wildman–Crippen MR) is 101 cm³/mol. The van der Waals surface area contributed by atoms with Crippen LogP contribution in [0.15, 0.2) is 40.8 Å². The number of nitrogens with zero attached hydrogens (tertiary/aromatic N) is 4. The number of aryl methyl sites for hydroxylation is 5. The van der Waals surface area contributed by atoms with E-state index >= 15 is 0 Å². The molecule has 1 N–H and O–H groups in total. The molecule has 0 aliphatic carbocycles. The zero-order valence-electron chi connectivity index (χ0n) is 15.8. The first-order chi connectivity index (χ1) is 13.1. The van der Waals surface area contributed by atoms with Gasteiger partial charge in [-0.1, -0.05) is 30.3 Å². The van der Waals surface area contributed by atoms with Gasteiger partial charge in [-0.2, -0.15) is 5.10 Å². The molecule has 2 aromatic heterocycles. The molecule has 0 radical (unpaired) electrons. The highest BCUT2D eigenvalue weighted by Crippen LogP contribution is 2.09. The van der Waals surface area contributed by atoms with Gasteiger partial charge >= 0.3 is 0 Å². The first-order valence-corrected chi connectivity index (χ1v) is 9.21. The minimum Gasteiger partial charge on any atom is -0.425 e. The molecule has 0 unspecified atom stereocenters. The van der Waals surface area contributed by atoms with E-state index in [0.717, 1.165) is 30.7 Å². The van der Waals surface area contributed by atoms with Crippen LogP contribution in [0.2, 0.25) is 0 Å². The first kappa shape index (κ1) is 18.8. The summed E-state index contributed by atoms with van der Waals surface area (Å²) in [5.74, 6) is 1.08. The molecule has 1 amide bonds. The van der Waals surface area contributed by atoms with E-state index in [1.165, 1.54) is 5.56 Å². The summed E-state index contributed by atoms with van der Waals surface area (Å²) in [6.45, 7) is 2.40. The van der Waals surface area contributed by atoms with Gasteiger partial charge in [-0.05, 0) is 31.4 Å². The third-order valence-corrected chi connectivity index (χ3v) is 4.40. The van der Waals surface area contributed by atoms with Gasteiger partial charge in [0.1, 0.15) is 0 Å². The van der Waals surface area contributed by atoms with E-state index in [4.69, 9.17) is 4.42 Å². The van der Waals surface area contributed by atoms with Crippen molar-refractivity contribution in [2.45, 2.75) is 45.6 Å². The SMILES string of the molecule is Cc1cc(CNC(=O)CCc2nnc(CCCc3ccccc3)o2)nn1C. The molecule has 0 spiro atoms. The van der Waals surface area contributed by atoms with Crippen LogP contribution >= 0.6 is 0 Å². The van der Waals surface area contributed by atoms with Crippen molar-refractivity contribution >= 4 is 5.91 Å². The fourth-order valence-electron chi connectivity index (χ4n) is 2.80. The van der Waals surface area contributed by atoms with Gasteiger partial charge in [-0.25, -0.2) is 0 Å². The van der Waals surface area contributed by atoms with Crippen molar-refractivity contribution in [2.75, 3.05) is 0 Å². The molecular weight excluding hydrogens is 342 g/mol. The van der Waals surface area contributed by atoms with E-state index in [1.54, 1.807) is 4.68 Å². The Morgan fingerprint density at radius 1 is 1.11 bits per heavy atom. The Morgan fingerprint density at radius 2 is 1.85 bits per heavy atom. The normalized spacial score (nSPS) is 10.9. The second-order valence-corrected chi connectivity index (χ2v) is 6.61. The van der Waals surface area contributed by atoms with E-state index in [1.807, 2.05) is 38.2 Å². The van der Waals surface area contributed by atoms with Gasteiger partial charge in [0.2, 0.25) is 17.7 Å². The Bertz CT molecular complexity index is 850. The molecule has 3 rings (SSSR count). The summed E-state index contributed by atoms with van der Waals surface area (Å²) in [4.78, 5) is 12.0. The van der Waals surface area contributed by atoms with Gasteiger partial charge in [0.25, 0.3) is 0 Å². The van der Waals surface area contributed by atoms with Crippen LogP contribution in [0.25, 0.3) is 0 Å². The molecule has 0 bridgehead atoms. The van der Waals surface area contributed by atoms with Gasteiger partial charge < -0.3 is 9.73 Å². The van der Waals surface area contributed by atoms with E-state index in [2.05, 4.69) is 32.7 Å². The zero-order chi connectivity index (χ0) is 19.1. The lowest BCUT2D eigenvalue weighted by Gasteiger charge is -2.01. The second-order valence-electron chi connectivity index (χ2n) is 6.61. The molecular formula is C20H25N5O2. The molecule has 3 aromatic rings. The van der Waals surface area contributed by atoms with Crippen molar-refractivity contribution in [2.24, 2.45) is 7.05 Å². The van der Waals surface area contributed by atoms with Crippen molar-refractivity contribution in [3.05, 3.63) is 65.1 Å². The summed E-state index contributed by atoms with van der Waals surface area (Å²) in [6, 6.07) is 12.3. The Morgan fingerprint density at radius 3 is 2.56 bits per heavy atom. The molecule has 0 saturated carbocycles. The van der Waals surface area contributed by atoms with Crippen LogP contribution in [-0.2, 0) is 37.6 Å². The second kappa shape index (κ2) is 9.12. The smallest absolute Gasteiger partial charge is 0.220 e. The maximum absolute atomic E-state index is 12.0. The summed E-state index contributed by atoms with van der Waals surface area (Å²) in [5, 5.41) is 15.3. The first-order valence-electron chi connectivity index (χ1n) is 9.21. The minimum atomic E-state index is -0.0536. The van der Waals surface area contributed by atoms with E-state index in [9.17, 15) is 4.79 Å². The minimum absolute atomic E-state index is 0.0536. The largest absolute Gasteiger partial charge is 0.425 e. The summed E-state index contributed by atoms with van der Waals surface area (Å²) in [5.41, 5.74) is 3.21. The van der Waals surface area contributed by atoms with Gasteiger partial charge in [-0.15, -0.1) is 10.2 Å². The molecule has 0 aliphatic rings.